The van der Waals surface area contributed by atoms with Gasteiger partial charge in [0.1, 0.15) is 17.1 Å². The van der Waals surface area contributed by atoms with E-state index in [4.69, 9.17) is 4.74 Å². The largest absolute Gasteiger partial charge is 0.507 e. The SMILES string of the molecule is Cc1ccc(O)c(C(=O)O[C@@H](C)C(=O)Nc2ccc(C)c(F)c2)c1. The fourth-order valence-electron chi connectivity index (χ4n) is 2.01. The molecule has 2 rings (SSSR count). The van der Waals surface area contributed by atoms with E-state index in [1.807, 2.05) is 0 Å². The zero-order chi connectivity index (χ0) is 17.9. The van der Waals surface area contributed by atoms with Crippen LogP contribution in [0.15, 0.2) is 36.4 Å². The minimum absolute atomic E-state index is 0.0176. The molecule has 0 saturated carbocycles. The first-order valence-electron chi connectivity index (χ1n) is 7.35. The lowest BCUT2D eigenvalue weighted by atomic mass is 10.1. The normalized spacial score (nSPS) is 11.7. The van der Waals surface area contributed by atoms with Gasteiger partial charge < -0.3 is 15.2 Å². The van der Waals surface area contributed by atoms with Crippen LogP contribution in [0, 0.1) is 19.7 Å². The van der Waals surface area contributed by atoms with Gasteiger partial charge >= 0.3 is 5.97 Å². The number of aryl methyl sites for hydroxylation is 2. The van der Waals surface area contributed by atoms with Gasteiger partial charge in [0.15, 0.2) is 6.10 Å². The summed E-state index contributed by atoms with van der Waals surface area (Å²) in [6.07, 6.45) is -1.11. The highest BCUT2D eigenvalue weighted by atomic mass is 19.1. The van der Waals surface area contributed by atoms with Gasteiger partial charge in [-0.1, -0.05) is 17.7 Å². The summed E-state index contributed by atoms with van der Waals surface area (Å²) in [5.41, 5.74) is 1.48. The number of benzene rings is 2. The fraction of sp³-hybridized carbons (Fsp3) is 0.222. The molecule has 1 atom stereocenters. The van der Waals surface area contributed by atoms with Crippen molar-refractivity contribution in [1.82, 2.24) is 0 Å². The monoisotopic (exact) mass is 331 g/mol. The topological polar surface area (TPSA) is 75.6 Å². The first-order chi connectivity index (χ1) is 11.3. The first kappa shape index (κ1) is 17.5. The number of ether oxygens (including phenoxy) is 1. The Labute approximate surface area is 139 Å². The molecular weight excluding hydrogens is 313 g/mol. The molecule has 0 saturated heterocycles. The zero-order valence-electron chi connectivity index (χ0n) is 13.6. The maximum absolute atomic E-state index is 13.5. The Hall–Kier alpha value is -2.89. The van der Waals surface area contributed by atoms with Crippen LogP contribution < -0.4 is 5.32 Å². The Kier molecular flexibility index (Phi) is 5.18. The molecule has 2 aromatic rings. The molecule has 24 heavy (non-hydrogen) atoms. The summed E-state index contributed by atoms with van der Waals surface area (Å²) in [6, 6.07) is 8.77. The Morgan fingerprint density at radius 3 is 2.54 bits per heavy atom. The van der Waals surface area contributed by atoms with Crippen LogP contribution in [0.1, 0.15) is 28.4 Å². The second-order valence-corrected chi connectivity index (χ2v) is 5.52. The van der Waals surface area contributed by atoms with Crippen molar-refractivity contribution in [2.75, 3.05) is 5.32 Å². The molecule has 5 nitrogen and oxygen atoms in total. The maximum atomic E-state index is 13.5. The summed E-state index contributed by atoms with van der Waals surface area (Å²) in [5.74, 6) is -2.08. The summed E-state index contributed by atoms with van der Waals surface area (Å²) in [6.45, 7) is 4.77. The van der Waals surface area contributed by atoms with Gasteiger partial charge in [0.05, 0.1) is 0 Å². The van der Waals surface area contributed by atoms with Crippen LogP contribution in [0.2, 0.25) is 0 Å². The average Bonchev–Trinajstić information content (AvgIpc) is 2.53. The van der Waals surface area contributed by atoms with E-state index in [2.05, 4.69) is 5.32 Å². The molecule has 6 heteroatoms. The number of phenolic OH excluding ortho intramolecular Hbond substituents is 1. The number of phenols is 1. The number of nitrogens with one attached hydrogen (secondary N) is 1. The zero-order valence-corrected chi connectivity index (χ0v) is 13.6. The molecule has 0 fully saturated rings. The van der Waals surface area contributed by atoms with E-state index in [1.54, 1.807) is 26.0 Å². The molecule has 0 heterocycles. The predicted molar refractivity (Wildman–Crippen MR) is 87.5 cm³/mol. The molecule has 0 aromatic heterocycles. The number of anilines is 1. The Bertz CT molecular complexity index is 789. The van der Waals surface area contributed by atoms with Crippen LogP contribution >= 0.6 is 0 Å². The van der Waals surface area contributed by atoms with Gasteiger partial charge in [-0.3, -0.25) is 4.79 Å². The Morgan fingerprint density at radius 1 is 1.17 bits per heavy atom. The van der Waals surface area contributed by atoms with Crippen LogP contribution in [-0.2, 0) is 9.53 Å². The summed E-state index contributed by atoms with van der Waals surface area (Å²) >= 11 is 0. The molecule has 0 aliphatic heterocycles. The van der Waals surface area contributed by atoms with Gasteiger partial charge in [-0.15, -0.1) is 0 Å². The standard InChI is InChI=1S/C18H18FNO4/c1-10-4-7-16(21)14(8-10)18(23)24-12(3)17(22)20-13-6-5-11(2)15(19)9-13/h4-9,12,21H,1-3H3,(H,20,22)/t12-/m0/s1. The number of hydrogen-bond donors (Lipinski definition) is 2. The molecule has 1 amide bonds. The van der Waals surface area contributed by atoms with Crippen molar-refractivity contribution >= 4 is 17.6 Å². The van der Waals surface area contributed by atoms with E-state index in [0.29, 0.717) is 5.56 Å². The van der Waals surface area contributed by atoms with E-state index in [-0.39, 0.29) is 17.0 Å². The number of carbonyl (C=O) groups excluding carboxylic acids is 2. The van der Waals surface area contributed by atoms with E-state index >= 15 is 0 Å². The third-order valence-electron chi connectivity index (χ3n) is 3.46. The molecule has 126 valence electrons. The second kappa shape index (κ2) is 7.12. The summed E-state index contributed by atoms with van der Waals surface area (Å²) < 4.78 is 18.5. The Morgan fingerprint density at radius 2 is 1.88 bits per heavy atom. The summed E-state index contributed by atoms with van der Waals surface area (Å²) in [5, 5.41) is 12.2. The van der Waals surface area contributed by atoms with Gasteiger partial charge in [0, 0.05) is 5.69 Å². The van der Waals surface area contributed by atoms with Crippen molar-refractivity contribution in [2.45, 2.75) is 26.9 Å². The van der Waals surface area contributed by atoms with Crippen LogP contribution in [0.5, 0.6) is 5.75 Å². The van der Waals surface area contributed by atoms with Crippen LogP contribution in [0.25, 0.3) is 0 Å². The number of rotatable bonds is 4. The smallest absolute Gasteiger partial charge is 0.342 e. The summed E-state index contributed by atoms with van der Waals surface area (Å²) in [4.78, 5) is 24.1. The van der Waals surface area contributed by atoms with Gasteiger partial charge in [-0.25, -0.2) is 9.18 Å². The third-order valence-corrected chi connectivity index (χ3v) is 3.46. The van der Waals surface area contributed by atoms with Crippen molar-refractivity contribution in [3.05, 3.63) is 58.9 Å². The molecule has 0 aliphatic carbocycles. The van der Waals surface area contributed by atoms with Gasteiger partial charge in [0.2, 0.25) is 0 Å². The fourth-order valence-corrected chi connectivity index (χ4v) is 2.01. The summed E-state index contributed by atoms with van der Waals surface area (Å²) in [7, 11) is 0. The lowest BCUT2D eigenvalue weighted by Gasteiger charge is -2.14. The van der Waals surface area contributed by atoms with Gasteiger partial charge in [0.25, 0.3) is 5.91 Å². The van der Waals surface area contributed by atoms with Crippen LogP contribution in [-0.4, -0.2) is 23.1 Å². The minimum atomic E-state index is -1.11. The first-order valence-corrected chi connectivity index (χ1v) is 7.35. The highest BCUT2D eigenvalue weighted by molar-refractivity contribution is 5.98. The maximum Gasteiger partial charge on any atom is 0.342 e. The predicted octanol–water partition coefficient (Wildman–Crippen LogP) is 3.33. The number of esters is 1. The third kappa shape index (κ3) is 4.10. The molecule has 0 aliphatic rings. The number of hydrogen-bond acceptors (Lipinski definition) is 4. The van der Waals surface area contributed by atoms with Crippen molar-refractivity contribution in [1.29, 1.82) is 0 Å². The number of halogens is 1. The number of aromatic hydroxyl groups is 1. The Balaban J connectivity index is 2.04. The molecule has 0 bridgehead atoms. The molecule has 0 spiro atoms. The number of carbonyl (C=O) groups is 2. The quantitative estimate of drug-likeness (QED) is 0.843. The molecular formula is C18H18FNO4. The lowest BCUT2D eigenvalue weighted by Crippen LogP contribution is -2.30. The molecule has 0 radical (unpaired) electrons. The minimum Gasteiger partial charge on any atom is -0.507 e. The van der Waals surface area contributed by atoms with E-state index in [1.165, 1.54) is 31.2 Å². The number of amides is 1. The van der Waals surface area contributed by atoms with Crippen molar-refractivity contribution in [2.24, 2.45) is 0 Å². The second-order valence-electron chi connectivity index (χ2n) is 5.52. The average molecular weight is 331 g/mol. The lowest BCUT2D eigenvalue weighted by molar-refractivity contribution is -0.123. The van der Waals surface area contributed by atoms with Crippen LogP contribution in [0.3, 0.4) is 0 Å². The molecule has 2 N–H and O–H groups in total. The van der Waals surface area contributed by atoms with Crippen molar-refractivity contribution in [3.63, 3.8) is 0 Å². The van der Waals surface area contributed by atoms with E-state index in [9.17, 15) is 19.1 Å². The highest BCUT2D eigenvalue weighted by Gasteiger charge is 2.21. The van der Waals surface area contributed by atoms with Crippen molar-refractivity contribution in [3.8, 4) is 5.75 Å². The van der Waals surface area contributed by atoms with Crippen LogP contribution in [0.4, 0.5) is 10.1 Å². The highest BCUT2D eigenvalue weighted by Crippen LogP contribution is 2.20. The molecule has 2 aromatic carbocycles. The van der Waals surface area contributed by atoms with Gasteiger partial charge in [-0.05, 0) is 50.6 Å². The van der Waals surface area contributed by atoms with E-state index in [0.717, 1.165) is 5.56 Å². The molecule has 0 unspecified atom stereocenters. The van der Waals surface area contributed by atoms with Crippen molar-refractivity contribution < 1.29 is 23.8 Å². The van der Waals surface area contributed by atoms with Gasteiger partial charge in [-0.2, -0.15) is 0 Å². The van der Waals surface area contributed by atoms with E-state index < -0.39 is 23.8 Å².